The Morgan fingerprint density at radius 3 is 1.26 bits per heavy atom. The van der Waals surface area contributed by atoms with E-state index in [9.17, 15) is 37.8 Å². The average molecular weight is 2170 g/mol. The number of nitrogens with one attached hydrogen (secondary N) is 6. The number of nitrogens with two attached hydrogens (primary N) is 1. The Bertz CT molecular complexity index is 4990. The number of alkyl halides is 3. The van der Waals surface area contributed by atoms with Crippen LogP contribution in [0, 0.1) is 45.7 Å². The Morgan fingerprint density at radius 1 is 0.500 bits per heavy atom. The highest BCUT2D eigenvalue weighted by Gasteiger charge is 2.54. The number of nitrogens with zero attached hydrogens (tertiary/aromatic N) is 7. The van der Waals surface area contributed by atoms with Crippen molar-refractivity contribution in [3.8, 4) is 22.3 Å². The van der Waals surface area contributed by atoms with Gasteiger partial charge in [0.05, 0.1) is 78.9 Å². The Kier molecular flexibility index (Phi) is 43.9. The van der Waals surface area contributed by atoms with Crippen LogP contribution in [0.1, 0.15) is 171 Å². The number of carbonyl (C=O) groups excluding carboxylic acids is 3. The van der Waals surface area contributed by atoms with Crippen molar-refractivity contribution in [3.05, 3.63) is 171 Å². The lowest BCUT2D eigenvalue weighted by Crippen LogP contribution is -2.41. The highest BCUT2D eigenvalue weighted by Crippen LogP contribution is 2.42. The molecule has 0 unspecified atom stereocenters. The van der Waals surface area contributed by atoms with Crippen molar-refractivity contribution in [1.29, 1.82) is 0 Å². The summed E-state index contributed by atoms with van der Waals surface area (Å²) in [6.45, 7) is 41.5. The van der Waals surface area contributed by atoms with Gasteiger partial charge in [-0.25, -0.2) is 34.3 Å². The topological polar surface area (TPSA) is 347 Å². The minimum atomic E-state index is -4.20. The van der Waals surface area contributed by atoms with Gasteiger partial charge >= 0.3 is 38.5 Å². The number of carbonyl (C=O) groups is 3. The van der Waals surface area contributed by atoms with Crippen LogP contribution in [0.5, 0.6) is 0 Å². The summed E-state index contributed by atoms with van der Waals surface area (Å²) in [6.07, 6.45) is 3.85. The molecule has 4 aromatic heterocycles. The number of pyridine rings is 4. The highest BCUT2D eigenvalue weighted by atomic mass is 127. The number of amides is 6. The molecule has 5 fully saturated rings. The van der Waals surface area contributed by atoms with Crippen LogP contribution < -0.4 is 43.1 Å². The fraction of sp³-hybridized carbons (Fsp3) is 0.531. The molecule has 3 aromatic carbocycles. The molecule has 27 nitrogen and oxygen atoms in total. The Hall–Kier alpha value is -6.95. The smallest absolute Gasteiger partial charge is 0.400 e. The van der Waals surface area contributed by atoms with E-state index >= 15 is 0 Å². The fourth-order valence-electron chi connectivity index (χ4n) is 14.7. The molecule has 0 radical (unpaired) electrons. The molecule has 0 spiro atoms. The summed E-state index contributed by atoms with van der Waals surface area (Å²) in [5, 5.41) is 56.4. The molecule has 11 heterocycles. The molecule has 7 atom stereocenters. The number of rotatable bonds is 21. The van der Waals surface area contributed by atoms with Crippen molar-refractivity contribution in [2.24, 2.45) is 23.5 Å². The maximum absolute atomic E-state index is 12.8. The lowest BCUT2D eigenvalue weighted by Gasteiger charge is -2.32. The number of aliphatic hydroxyl groups excluding tert-OH is 4. The number of hydrogen-bond acceptors (Lipinski definition) is 21. The molecule has 5 saturated heterocycles. The minimum absolute atomic E-state index is 0.0344. The predicted octanol–water partition coefficient (Wildman–Crippen LogP) is 20.2. The number of aromatic nitrogens is 4. The highest BCUT2D eigenvalue weighted by molar-refractivity contribution is 14.1. The fourth-order valence-corrected chi connectivity index (χ4v) is 17.3. The molecule has 134 heavy (non-hydrogen) atoms. The predicted molar refractivity (Wildman–Crippen MR) is 551 cm³/mol. The first kappa shape index (κ1) is 112. The van der Waals surface area contributed by atoms with Crippen molar-refractivity contribution in [3.63, 3.8) is 0 Å². The van der Waals surface area contributed by atoms with E-state index in [2.05, 4.69) is 159 Å². The van der Waals surface area contributed by atoms with Crippen LogP contribution in [0.3, 0.4) is 0 Å². The van der Waals surface area contributed by atoms with Crippen LogP contribution in [-0.2, 0) is 28.1 Å². The summed E-state index contributed by atoms with van der Waals surface area (Å²) in [5.41, 5.74) is 16.8. The molecule has 7 aliphatic rings. The molecule has 7 aromatic rings. The van der Waals surface area contributed by atoms with Gasteiger partial charge in [-0.3, -0.25) is 0 Å². The SMILES string of the molecule is CC1(C)OB(C2=CCOCC2)OC1(C)C.CC[C@@H]1CCN(C(=O)Nc2ccc(C)c(-c3cc(Cl)nc(NC[C@@H](C)O)c3)c2)C1.CC[C@@H]1CCN(C(=O)Nc2ccc(C)c(-c3cc(NC[C@@H](C)O)nc(C4=CCOCC4)c3)c2)C1.C[C@@H](O)CN.C[C@@H](O)CNc1cc(I)cc(Cl)n1.Cc1ccc(NC(=O)N2CC[C@@H](CC(F)(F)F)C2)cc1B1OC(C)(C)C(C)(C)O1.Clc1cc(I)cc(Cl)n1. The van der Waals surface area contributed by atoms with E-state index in [0.717, 1.165) is 151 Å². The van der Waals surface area contributed by atoms with E-state index in [1.54, 1.807) is 64.1 Å². The zero-order chi connectivity index (χ0) is 98.7. The first-order valence-corrected chi connectivity index (χ1v) is 49.2. The molecule has 7 aliphatic heterocycles. The minimum Gasteiger partial charge on any atom is -0.400 e. The molecule has 0 bridgehead atoms. The van der Waals surface area contributed by atoms with Crippen LogP contribution >= 0.6 is 91.6 Å². The van der Waals surface area contributed by atoms with Crippen molar-refractivity contribution in [2.75, 3.05) is 124 Å². The molecule has 0 aliphatic carbocycles. The van der Waals surface area contributed by atoms with Crippen molar-refractivity contribution < 1.29 is 76.1 Å². The molecule has 12 N–H and O–H groups in total. The van der Waals surface area contributed by atoms with Crippen LogP contribution in [0.4, 0.5) is 62.1 Å². The van der Waals surface area contributed by atoms with Gasteiger partial charge in [0.2, 0.25) is 0 Å². The second kappa shape index (κ2) is 52.3. The van der Waals surface area contributed by atoms with Crippen molar-refractivity contribution >= 4 is 169 Å². The average Bonchev–Trinajstić information content (AvgIpc) is 1.63. The van der Waals surface area contributed by atoms with E-state index in [4.69, 9.17) is 95.4 Å². The van der Waals surface area contributed by atoms with Crippen LogP contribution in [0.2, 0.25) is 20.6 Å². The molecular weight excluding hydrogens is 2030 g/mol. The summed E-state index contributed by atoms with van der Waals surface area (Å²) < 4.78 is 74.6. The van der Waals surface area contributed by atoms with Crippen molar-refractivity contribution in [1.82, 2.24) is 34.6 Å². The van der Waals surface area contributed by atoms with Gasteiger partial charge in [0.25, 0.3) is 0 Å². The lowest BCUT2D eigenvalue weighted by molar-refractivity contribution is -0.143. The zero-order valence-electron chi connectivity index (χ0n) is 79.8. The standard InChI is InChI=1S/C27H36N4O3.C22H29ClN4O2.C20H28BF3N2O3.C11H19BO3.C8H10ClIN2O.C5H2Cl2IN.C3H9NO/c1-4-20-7-10-31(17-20)27(33)29-23-6-5-18(2)24(15-23)22-13-25(21-8-11-34-12-9-21)30-26(14-22)28-16-19(3)32;1-4-16-7-8-27(13-16)22(29)25-18-6-5-14(2)19(11-18)17-9-20(23)26-21(10-17)24-12-15(3)28;1-13-6-7-15(10-16(13)21-28-18(2,3)19(4,5)29-21)25-17(27)26-9-8-14(12-26)11-20(22,23)24;1-10(2)11(3,4)15-12(14-10)9-5-7-13-8-6-9;1-5(13)4-11-8-3-6(10)2-7(9)12-8;6-4-1-3(8)2-5(7)9-4;1-3(5)2-4/h5-6,8,13-15,19-20,32H,4,7,9-12,16-17H2,1-3H3,(H,28,30)(H,29,33);5-6,9-11,15-16,28H,4,7-8,12-13H2,1-3H3,(H,24,26)(H,25,29);6-7,10,14H,8-9,11-12H2,1-5H3,(H,25,27);5H,6-8H2,1-4H3;2-3,5,13H,4H2,1H3,(H,11,12);1-2H;3,5H,2,4H2,1H3/t19-,20-;15-,16-;14-;;5-;;3-/m110.1.1/s1. The van der Waals surface area contributed by atoms with Gasteiger partial charge in [-0.2, -0.15) is 13.2 Å². The third-order valence-electron chi connectivity index (χ3n) is 24.1. The third kappa shape index (κ3) is 36.0. The maximum Gasteiger partial charge on any atom is 0.495 e. The quantitative estimate of drug-likeness (QED) is 0.0181. The number of aliphatic hydroxyl groups is 4. The van der Waals surface area contributed by atoms with Gasteiger partial charge in [-0.05, 0) is 334 Å². The number of anilines is 6. The third-order valence-corrected chi connectivity index (χ3v) is 26.1. The lowest BCUT2D eigenvalue weighted by atomic mass is 9.75. The first-order valence-electron chi connectivity index (χ1n) is 45.5. The number of likely N-dealkylation sites (tertiary alicyclic amines) is 3. The number of benzene rings is 3. The van der Waals surface area contributed by atoms with Crippen molar-refractivity contribution in [2.45, 2.75) is 222 Å². The Labute approximate surface area is 836 Å². The largest absolute Gasteiger partial charge is 0.495 e. The van der Waals surface area contributed by atoms with Gasteiger partial charge in [0.15, 0.2) is 0 Å². The van der Waals surface area contributed by atoms with Gasteiger partial charge in [0, 0.05) is 96.1 Å². The van der Waals surface area contributed by atoms with E-state index in [-0.39, 0.29) is 43.0 Å². The van der Waals surface area contributed by atoms with E-state index in [0.29, 0.717) is 109 Å². The number of hydrogen-bond donors (Lipinski definition) is 11. The number of halogens is 9. The van der Waals surface area contributed by atoms with Gasteiger partial charge in [-0.1, -0.05) is 109 Å². The second-order valence-electron chi connectivity index (χ2n) is 36.6. The first-order chi connectivity index (χ1) is 63.0. The van der Waals surface area contributed by atoms with Gasteiger partial charge in [0.1, 0.15) is 38.1 Å². The second-order valence-corrected chi connectivity index (χ2v) is 40.6. The number of aryl methyl sites for hydroxylation is 3. The summed E-state index contributed by atoms with van der Waals surface area (Å²) in [6, 6.07) is 31.8. The maximum atomic E-state index is 12.8. The summed E-state index contributed by atoms with van der Waals surface area (Å²) in [7, 11) is -0.737. The zero-order valence-corrected chi connectivity index (χ0v) is 87.1. The summed E-state index contributed by atoms with van der Waals surface area (Å²) in [5.74, 6) is 2.67. The monoisotopic (exact) mass is 2160 g/mol. The number of ether oxygens (including phenoxy) is 2. The van der Waals surface area contributed by atoms with Gasteiger partial charge < -0.3 is 101 Å². The van der Waals surface area contributed by atoms with E-state index < -0.39 is 61.2 Å². The molecule has 734 valence electrons. The summed E-state index contributed by atoms with van der Waals surface area (Å²) >= 11 is 27.3. The van der Waals surface area contributed by atoms with E-state index in [1.807, 2.05) is 112 Å². The number of urea groups is 3. The van der Waals surface area contributed by atoms with Gasteiger partial charge in [-0.15, -0.1) is 0 Å². The molecule has 38 heteroatoms. The Balaban J connectivity index is 0.000000205. The van der Waals surface area contributed by atoms with Crippen LogP contribution in [0.25, 0.3) is 27.8 Å². The van der Waals surface area contributed by atoms with Crippen LogP contribution in [-0.4, -0.2) is 232 Å². The molecule has 6 amide bonds. The Morgan fingerprint density at radius 2 is 0.873 bits per heavy atom. The summed E-state index contributed by atoms with van der Waals surface area (Å²) in [4.78, 5) is 60.1. The molecule has 0 saturated carbocycles. The molecular formula is C96H133B2Cl4F3I2N14O13. The normalized spacial score (nSPS) is 19.3. The van der Waals surface area contributed by atoms with Crippen LogP contribution in [0.15, 0.2) is 121 Å². The molecule has 14 rings (SSSR count). The van der Waals surface area contributed by atoms with E-state index in [1.165, 1.54) is 10.4 Å².